The molecule has 2 N–H and O–H groups in total. The molecule has 0 spiro atoms. The minimum atomic E-state index is -0.441. The second kappa shape index (κ2) is 10.5. The molecular formula is C25H26N6O3. The molecule has 2 amide bonds. The van der Waals surface area contributed by atoms with Crippen molar-refractivity contribution in [1.82, 2.24) is 24.9 Å². The molecule has 0 radical (unpaired) electrons. The van der Waals surface area contributed by atoms with Crippen LogP contribution in [0.2, 0.25) is 0 Å². The van der Waals surface area contributed by atoms with Gasteiger partial charge in [0.1, 0.15) is 11.4 Å². The first kappa shape index (κ1) is 22.8. The summed E-state index contributed by atoms with van der Waals surface area (Å²) in [6.07, 6.45) is 3.91. The van der Waals surface area contributed by atoms with Gasteiger partial charge in [-0.3, -0.25) is 14.3 Å². The Kier molecular flexibility index (Phi) is 7.02. The van der Waals surface area contributed by atoms with E-state index in [-0.39, 0.29) is 24.0 Å². The maximum Gasteiger partial charge on any atom is 0.276 e. The third kappa shape index (κ3) is 5.32. The van der Waals surface area contributed by atoms with Crippen molar-refractivity contribution in [2.75, 3.05) is 11.9 Å². The lowest BCUT2D eigenvalue weighted by molar-refractivity contribution is 0.0945. The van der Waals surface area contributed by atoms with Crippen LogP contribution in [0.25, 0.3) is 11.1 Å². The fraction of sp³-hybridized carbons (Fsp3) is 0.200. The van der Waals surface area contributed by atoms with E-state index in [1.807, 2.05) is 49.4 Å². The molecular weight excluding hydrogens is 432 g/mol. The largest absolute Gasteiger partial charge is 0.471 e. The summed E-state index contributed by atoms with van der Waals surface area (Å²) in [5, 5.41) is 13.9. The highest BCUT2D eigenvalue weighted by Gasteiger charge is 2.20. The van der Waals surface area contributed by atoms with E-state index in [9.17, 15) is 9.59 Å². The fourth-order valence-electron chi connectivity index (χ4n) is 3.38. The summed E-state index contributed by atoms with van der Waals surface area (Å²) in [4.78, 5) is 25.1. The highest BCUT2D eigenvalue weighted by molar-refractivity contribution is 6.07. The lowest BCUT2D eigenvalue weighted by Gasteiger charge is -2.08. The molecule has 34 heavy (non-hydrogen) atoms. The molecule has 0 fully saturated rings. The number of nitrogens with zero attached hydrogens (tertiary/aromatic N) is 4. The molecule has 0 aliphatic heterocycles. The van der Waals surface area contributed by atoms with Gasteiger partial charge in [0.15, 0.2) is 12.4 Å². The predicted octanol–water partition coefficient (Wildman–Crippen LogP) is 3.71. The van der Waals surface area contributed by atoms with Crippen molar-refractivity contribution >= 4 is 17.5 Å². The Morgan fingerprint density at radius 2 is 1.71 bits per heavy atom. The van der Waals surface area contributed by atoms with E-state index in [0.29, 0.717) is 18.0 Å². The SMILES string of the molecule is CCCNC(=O)c1c(NC(=O)c2ccn(COc3ccc(-c4ccccc4)cc3)n2)cnn1C. The monoisotopic (exact) mass is 458 g/mol. The number of carbonyl (C=O) groups is 2. The number of aromatic nitrogens is 4. The molecule has 0 saturated heterocycles. The summed E-state index contributed by atoms with van der Waals surface area (Å²) in [6, 6.07) is 19.5. The van der Waals surface area contributed by atoms with Crippen molar-refractivity contribution in [3.63, 3.8) is 0 Å². The van der Waals surface area contributed by atoms with E-state index in [0.717, 1.165) is 17.5 Å². The molecule has 9 heteroatoms. The van der Waals surface area contributed by atoms with E-state index in [4.69, 9.17) is 4.74 Å². The summed E-state index contributed by atoms with van der Waals surface area (Å²) in [6.45, 7) is 2.65. The van der Waals surface area contributed by atoms with Crippen LogP contribution in [0.4, 0.5) is 5.69 Å². The number of rotatable bonds is 9. The number of hydrogen-bond donors (Lipinski definition) is 2. The highest BCUT2D eigenvalue weighted by Crippen LogP contribution is 2.22. The van der Waals surface area contributed by atoms with Crippen LogP contribution in [0.1, 0.15) is 34.3 Å². The molecule has 174 valence electrons. The van der Waals surface area contributed by atoms with Crippen molar-refractivity contribution in [1.29, 1.82) is 0 Å². The average Bonchev–Trinajstić information content (AvgIpc) is 3.49. The smallest absolute Gasteiger partial charge is 0.276 e. The average molecular weight is 459 g/mol. The number of anilines is 1. The molecule has 0 aliphatic rings. The van der Waals surface area contributed by atoms with Gasteiger partial charge in [-0.1, -0.05) is 49.4 Å². The Bertz CT molecular complexity index is 1260. The molecule has 2 aromatic carbocycles. The maximum atomic E-state index is 12.7. The van der Waals surface area contributed by atoms with Gasteiger partial charge in [-0.15, -0.1) is 0 Å². The second-order valence-corrected chi connectivity index (χ2v) is 7.64. The molecule has 0 saturated carbocycles. The van der Waals surface area contributed by atoms with Crippen LogP contribution < -0.4 is 15.4 Å². The standard InChI is InChI=1S/C25H26N6O3/c1-3-14-26-25(33)23-22(16-27-30(23)2)28-24(32)21-13-15-31(29-21)17-34-20-11-9-19(10-12-20)18-7-5-4-6-8-18/h4-13,15-16H,3,14,17H2,1-2H3,(H,26,33)(H,28,32). The molecule has 4 rings (SSSR count). The third-order valence-corrected chi connectivity index (χ3v) is 5.14. The van der Waals surface area contributed by atoms with E-state index in [2.05, 4.69) is 33.0 Å². The summed E-state index contributed by atoms with van der Waals surface area (Å²) < 4.78 is 8.74. The van der Waals surface area contributed by atoms with Crippen LogP contribution in [0.15, 0.2) is 73.1 Å². The van der Waals surface area contributed by atoms with Crippen LogP contribution in [-0.4, -0.2) is 37.9 Å². The van der Waals surface area contributed by atoms with E-state index >= 15 is 0 Å². The number of benzene rings is 2. The van der Waals surface area contributed by atoms with Crippen molar-refractivity contribution in [2.45, 2.75) is 20.1 Å². The summed E-state index contributed by atoms with van der Waals surface area (Å²) in [5.74, 6) is -0.0443. The number of amides is 2. The third-order valence-electron chi connectivity index (χ3n) is 5.14. The first-order chi connectivity index (χ1) is 16.5. The highest BCUT2D eigenvalue weighted by atomic mass is 16.5. The van der Waals surface area contributed by atoms with Crippen LogP contribution in [0.5, 0.6) is 5.75 Å². The van der Waals surface area contributed by atoms with Crippen molar-refractivity contribution in [3.05, 3.63) is 84.4 Å². The first-order valence-corrected chi connectivity index (χ1v) is 11.0. The Hall–Kier alpha value is -4.40. The fourth-order valence-corrected chi connectivity index (χ4v) is 3.38. The minimum absolute atomic E-state index is 0.148. The molecule has 2 aromatic heterocycles. The van der Waals surface area contributed by atoms with E-state index in [1.54, 1.807) is 19.3 Å². The summed E-state index contributed by atoms with van der Waals surface area (Å²) >= 11 is 0. The van der Waals surface area contributed by atoms with Crippen molar-refractivity contribution in [3.8, 4) is 16.9 Å². The minimum Gasteiger partial charge on any atom is -0.471 e. The van der Waals surface area contributed by atoms with E-state index < -0.39 is 5.91 Å². The molecule has 2 heterocycles. The zero-order valence-corrected chi connectivity index (χ0v) is 19.1. The predicted molar refractivity (Wildman–Crippen MR) is 129 cm³/mol. The molecule has 0 bridgehead atoms. The van der Waals surface area contributed by atoms with Crippen LogP contribution >= 0.6 is 0 Å². The number of ether oxygens (including phenoxy) is 1. The summed E-state index contributed by atoms with van der Waals surface area (Å²) in [7, 11) is 1.65. The molecule has 0 unspecified atom stereocenters. The zero-order valence-electron chi connectivity index (χ0n) is 19.1. The molecule has 0 aliphatic carbocycles. The number of hydrogen-bond acceptors (Lipinski definition) is 5. The normalized spacial score (nSPS) is 10.6. The van der Waals surface area contributed by atoms with Crippen LogP contribution in [0.3, 0.4) is 0 Å². The van der Waals surface area contributed by atoms with Gasteiger partial charge in [-0.25, -0.2) is 4.68 Å². The lowest BCUT2D eigenvalue weighted by Crippen LogP contribution is -2.27. The van der Waals surface area contributed by atoms with Crippen LogP contribution in [0, 0.1) is 0 Å². The molecule has 9 nitrogen and oxygen atoms in total. The molecule has 0 atom stereocenters. The molecule has 4 aromatic rings. The van der Waals surface area contributed by atoms with Gasteiger partial charge < -0.3 is 15.4 Å². The Labute approximate surface area is 197 Å². The zero-order chi connectivity index (χ0) is 23.9. The van der Waals surface area contributed by atoms with Gasteiger partial charge >= 0.3 is 0 Å². The Morgan fingerprint density at radius 1 is 0.971 bits per heavy atom. The van der Waals surface area contributed by atoms with Crippen molar-refractivity contribution in [2.24, 2.45) is 7.05 Å². The van der Waals surface area contributed by atoms with Gasteiger partial charge in [0.25, 0.3) is 11.8 Å². The quantitative estimate of drug-likeness (QED) is 0.398. The summed E-state index contributed by atoms with van der Waals surface area (Å²) in [5.41, 5.74) is 3.04. The van der Waals surface area contributed by atoms with Gasteiger partial charge in [-0.05, 0) is 35.7 Å². The van der Waals surface area contributed by atoms with Gasteiger partial charge in [-0.2, -0.15) is 10.2 Å². The van der Waals surface area contributed by atoms with E-state index in [1.165, 1.54) is 15.6 Å². The van der Waals surface area contributed by atoms with Crippen LogP contribution in [-0.2, 0) is 13.8 Å². The lowest BCUT2D eigenvalue weighted by atomic mass is 10.1. The van der Waals surface area contributed by atoms with Gasteiger partial charge in [0.2, 0.25) is 0 Å². The Balaban J connectivity index is 1.36. The first-order valence-electron chi connectivity index (χ1n) is 11.0. The van der Waals surface area contributed by atoms with Gasteiger partial charge in [0.05, 0.1) is 11.9 Å². The van der Waals surface area contributed by atoms with Crippen molar-refractivity contribution < 1.29 is 14.3 Å². The maximum absolute atomic E-state index is 12.7. The topological polar surface area (TPSA) is 103 Å². The number of aryl methyl sites for hydroxylation is 1. The second-order valence-electron chi connectivity index (χ2n) is 7.64. The Morgan fingerprint density at radius 3 is 2.44 bits per heavy atom. The number of nitrogens with one attached hydrogen (secondary N) is 2. The number of carbonyl (C=O) groups excluding carboxylic acids is 2. The van der Waals surface area contributed by atoms with Gasteiger partial charge in [0, 0.05) is 19.8 Å².